The maximum Gasteiger partial charge on any atom is 0.305 e. The molecule has 174 valence electrons. The summed E-state index contributed by atoms with van der Waals surface area (Å²) >= 11 is 0. The fourth-order valence-electron chi connectivity index (χ4n) is 4.50. The number of likely N-dealkylation sites (tertiary alicyclic amines) is 1. The number of piperidine rings is 1. The molecule has 1 heterocycles. The van der Waals surface area contributed by atoms with Crippen LogP contribution in [-0.2, 0) is 30.3 Å². The van der Waals surface area contributed by atoms with E-state index in [0.717, 1.165) is 31.2 Å². The van der Waals surface area contributed by atoms with Gasteiger partial charge in [0, 0.05) is 13.0 Å². The Morgan fingerprint density at radius 1 is 1.19 bits per heavy atom. The fraction of sp³-hybridized carbons (Fsp3) is 0.565. The van der Waals surface area contributed by atoms with Crippen LogP contribution >= 0.6 is 0 Å². The molecule has 9 nitrogen and oxygen atoms in total. The third-order valence-electron chi connectivity index (χ3n) is 6.25. The quantitative estimate of drug-likeness (QED) is 0.503. The highest BCUT2D eigenvalue weighted by Gasteiger charge is 2.34. The summed E-state index contributed by atoms with van der Waals surface area (Å²) in [6.45, 7) is 0.295. The Hall–Kier alpha value is -2.94. The molecule has 1 aromatic carbocycles. The zero-order valence-electron chi connectivity index (χ0n) is 18.5. The van der Waals surface area contributed by atoms with E-state index in [1.54, 1.807) is 0 Å². The summed E-state index contributed by atoms with van der Waals surface area (Å²) in [5.41, 5.74) is 7.78. The van der Waals surface area contributed by atoms with E-state index in [0.29, 0.717) is 13.0 Å². The maximum atomic E-state index is 13.1. The molecule has 0 radical (unpaired) electrons. The van der Waals surface area contributed by atoms with Crippen molar-refractivity contribution in [2.45, 2.75) is 63.1 Å². The van der Waals surface area contributed by atoms with Gasteiger partial charge in [-0.05, 0) is 49.7 Å². The molecule has 0 bridgehead atoms. The molecule has 1 aromatic rings. The lowest BCUT2D eigenvalue weighted by Crippen LogP contribution is -2.57. The largest absolute Gasteiger partial charge is 0.469 e. The Labute approximate surface area is 188 Å². The van der Waals surface area contributed by atoms with Gasteiger partial charge in [-0.3, -0.25) is 19.2 Å². The molecule has 2 aliphatic rings. The number of rotatable bonds is 8. The molecular weight excluding hydrogens is 412 g/mol. The van der Waals surface area contributed by atoms with Crippen molar-refractivity contribution in [1.82, 2.24) is 15.5 Å². The lowest BCUT2D eigenvalue weighted by molar-refractivity contribution is -0.143. The molecule has 32 heavy (non-hydrogen) atoms. The SMILES string of the molecule is COC(=O)CC[C@H](NC(=O)[C@@H]1CCCCN1C(=O)CN)C(=O)N[C@@H]1CCc2ccccc21. The summed E-state index contributed by atoms with van der Waals surface area (Å²) in [7, 11) is 1.28. The van der Waals surface area contributed by atoms with Crippen LogP contribution in [0.3, 0.4) is 0 Å². The van der Waals surface area contributed by atoms with Crippen LogP contribution < -0.4 is 16.4 Å². The minimum Gasteiger partial charge on any atom is -0.469 e. The second-order valence-electron chi connectivity index (χ2n) is 8.28. The molecule has 1 saturated heterocycles. The summed E-state index contributed by atoms with van der Waals surface area (Å²) in [4.78, 5) is 51.5. The van der Waals surface area contributed by atoms with Crippen LogP contribution in [0.5, 0.6) is 0 Å². The van der Waals surface area contributed by atoms with Crippen molar-refractivity contribution in [3.05, 3.63) is 35.4 Å². The van der Waals surface area contributed by atoms with Gasteiger partial charge in [-0.15, -0.1) is 0 Å². The number of fused-ring (bicyclic) bond motifs is 1. The van der Waals surface area contributed by atoms with Crippen molar-refractivity contribution in [3.63, 3.8) is 0 Å². The van der Waals surface area contributed by atoms with Gasteiger partial charge in [0.05, 0.1) is 19.7 Å². The smallest absolute Gasteiger partial charge is 0.305 e. The highest BCUT2D eigenvalue weighted by molar-refractivity contribution is 5.92. The first kappa shape index (κ1) is 23.7. The number of esters is 1. The van der Waals surface area contributed by atoms with Gasteiger partial charge in [0.2, 0.25) is 17.7 Å². The molecule has 9 heteroatoms. The minimum atomic E-state index is -0.911. The van der Waals surface area contributed by atoms with Gasteiger partial charge in [0.25, 0.3) is 0 Å². The Bertz CT molecular complexity index is 859. The summed E-state index contributed by atoms with van der Waals surface area (Å²) in [5, 5.41) is 5.80. The number of nitrogens with zero attached hydrogens (tertiary/aromatic N) is 1. The van der Waals surface area contributed by atoms with Crippen molar-refractivity contribution in [2.24, 2.45) is 5.73 Å². The van der Waals surface area contributed by atoms with Crippen LogP contribution in [0, 0.1) is 0 Å². The molecule has 0 aromatic heterocycles. The standard InChI is InChI=1S/C23H32N4O5/c1-32-21(29)12-11-18(22(30)25-17-10-9-15-6-2-3-7-16(15)17)26-23(31)19-8-4-5-13-27(19)20(28)14-24/h2-3,6-7,17-19H,4-5,8-14,24H2,1H3,(H,25,30)(H,26,31)/t17-,18+,19+/m1/s1. The van der Waals surface area contributed by atoms with E-state index in [-0.39, 0.29) is 37.2 Å². The summed E-state index contributed by atoms with van der Waals surface area (Å²) < 4.78 is 4.69. The molecule has 0 unspecified atom stereocenters. The zero-order chi connectivity index (χ0) is 23.1. The molecule has 1 aliphatic carbocycles. The number of carbonyl (C=O) groups excluding carboxylic acids is 4. The van der Waals surface area contributed by atoms with Crippen LogP contribution in [0.2, 0.25) is 0 Å². The number of benzene rings is 1. The number of ether oxygens (including phenoxy) is 1. The van der Waals surface area contributed by atoms with Gasteiger partial charge in [0.15, 0.2) is 0 Å². The Morgan fingerprint density at radius 2 is 1.97 bits per heavy atom. The van der Waals surface area contributed by atoms with Crippen LogP contribution in [0.25, 0.3) is 0 Å². The Morgan fingerprint density at radius 3 is 2.72 bits per heavy atom. The van der Waals surface area contributed by atoms with Crippen LogP contribution in [0.4, 0.5) is 0 Å². The number of nitrogens with two attached hydrogens (primary N) is 1. The molecular formula is C23H32N4O5. The van der Waals surface area contributed by atoms with Crippen LogP contribution in [0.15, 0.2) is 24.3 Å². The van der Waals surface area contributed by atoms with Crippen molar-refractivity contribution >= 4 is 23.7 Å². The number of methoxy groups -OCH3 is 1. The predicted octanol–water partition coefficient (Wildman–Crippen LogP) is 0.568. The first-order valence-corrected chi connectivity index (χ1v) is 11.2. The first-order chi connectivity index (χ1) is 15.4. The average Bonchev–Trinajstić information content (AvgIpc) is 3.23. The molecule has 1 fully saturated rings. The fourth-order valence-corrected chi connectivity index (χ4v) is 4.50. The second-order valence-corrected chi connectivity index (χ2v) is 8.28. The van der Waals surface area contributed by atoms with Crippen LogP contribution in [0.1, 0.15) is 55.7 Å². The van der Waals surface area contributed by atoms with Gasteiger partial charge in [-0.1, -0.05) is 24.3 Å². The number of amides is 3. The van der Waals surface area contributed by atoms with Crippen molar-refractivity contribution in [2.75, 3.05) is 20.2 Å². The number of carbonyl (C=O) groups is 4. The third kappa shape index (κ3) is 5.64. The average molecular weight is 445 g/mol. The number of hydrogen-bond acceptors (Lipinski definition) is 6. The molecule has 0 saturated carbocycles. The highest BCUT2D eigenvalue weighted by atomic mass is 16.5. The van der Waals surface area contributed by atoms with Crippen molar-refractivity contribution < 1.29 is 23.9 Å². The zero-order valence-corrected chi connectivity index (χ0v) is 18.5. The van der Waals surface area contributed by atoms with Gasteiger partial charge in [-0.25, -0.2) is 0 Å². The molecule has 1 aliphatic heterocycles. The topological polar surface area (TPSA) is 131 Å². The summed E-state index contributed by atoms with van der Waals surface area (Å²) in [5.74, 6) is -1.50. The molecule has 0 spiro atoms. The lowest BCUT2D eigenvalue weighted by atomic mass is 10.00. The van der Waals surface area contributed by atoms with Crippen LogP contribution in [-0.4, -0.2) is 60.9 Å². The van der Waals surface area contributed by atoms with E-state index >= 15 is 0 Å². The van der Waals surface area contributed by atoms with E-state index in [4.69, 9.17) is 10.5 Å². The lowest BCUT2D eigenvalue weighted by Gasteiger charge is -2.35. The van der Waals surface area contributed by atoms with Gasteiger partial charge in [-0.2, -0.15) is 0 Å². The van der Waals surface area contributed by atoms with E-state index in [9.17, 15) is 19.2 Å². The predicted molar refractivity (Wildman–Crippen MR) is 117 cm³/mol. The monoisotopic (exact) mass is 444 g/mol. The maximum absolute atomic E-state index is 13.1. The van der Waals surface area contributed by atoms with Gasteiger partial charge in [0.1, 0.15) is 12.1 Å². The van der Waals surface area contributed by atoms with E-state index in [2.05, 4.69) is 10.6 Å². The Balaban J connectivity index is 1.70. The highest BCUT2D eigenvalue weighted by Crippen LogP contribution is 2.30. The first-order valence-electron chi connectivity index (χ1n) is 11.2. The molecule has 3 rings (SSSR count). The van der Waals surface area contributed by atoms with Gasteiger partial charge < -0.3 is 26.0 Å². The number of nitrogens with one attached hydrogen (secondary N) is 2. The number of hydrogen-bond donors (Lipinski definition) is 3. The van der Waals surface area contributed by atoms with E-state index in [1.807, 2.05) is 24.3 Å². The molecule has 3 amide bonds. The minimum absolute atomic E-state index is 0.00771. The van der Waals surface area contributed by atoms with Crippen molar-refractivity contribution in [3.8, 4) is 0 Å². The van der Waals surface area contributed by atoms with Crippen molar-refractivity contribution in [1.29, 1.82) is 0 Å². The molecule has 3 atom stereocenters. The van der Waals surface area contributed by atoms with E-state index in [1.165, 1.54) is 17.6 Å². The van der Waals surface area contributed by atoms with Gasteiger partial charge >= 0.3 is 5.97 Å². The summed E-state index contributed by atoms with van der Waals surface area (Å²) in [6.07, 6.45) is 3.89. The Kier molecular flexibility index (Phi) is 8.21. The summed E-state index contributed by atoms with van der Waals surface area (Å²) in [6, 6.07) is 6.23. The molecule has 4 N–H and O–H groups in total. The van der Waals surface area contributed by atoms with E-state index < -0.39 is 24.0 Å². The third-order valence-corrected chi connectivity index (χ3v) is 6.25. The number of aryl methyl sites for hydroxylation is 1. The second kappa shape index (κ2) is 11.1. The normalized spacial score (nSPS) is 20.8.